The summed E-state index contributed by atoms with van der Waals surface area (Å²) < 4.78 is 0. The van der Waals surface area contributed by atoms with Gasteiger partial charge in [0.25, 0.3) is 0 Å². The minimum Gasteiger partial charge on any atom is -0.300 e. The summed E-state index contributed by atoms with van der Waals surface area (Å²) in [6, 6.07) is 21.4. The number of hydrogen-bond donors (Lipinski definition) is 0. The minimum atomic E-state index is 0.167. The molecule has 3 rings (SSSR count). The van der Waals surface area contributed by atoms with E-state index in [0.717, 1.165) is 0 Å². The fourth-order valence-electron chi connectivity index (χ4n) is 1.95. The predicted octanol–water partition coefficient (Wildman–Crippen LogP) is 4.59. The van der Waals surface area contributed by atoms with Crippen molar-refractivity contribution in [3.63, 3.8) is 0 Å². The van der Waals surface area contributed by atoms with Crippen LogP contribution in [0.5, 0.6) is 0 Å². The normalized spacial score (nSPS) is 9.89. The molecule has 0 unspecified atom stereocenters. The van der Waals surface area contributed by atoms with Crippen LogP contribution in [-0.4, -0.2) is 5.78 Å². The third kappa shape index (κ3) is 2.75. The van der Waals surface area contributed by atoms with Crippen molar-refractivity contribution >= 4 is 27.3 Å². The minimum absolute atomic E-state index is 0.167. The van der Waals surface area contributed by atoms with Crippen LogP contribution in [0, 0.1) is 0 Å². The molecule has 0 saturated carbocycles. The number of rotatable bonds is 0. The lowest BCUT2D eigenvalue weighted by molar-refractivity contribution is -0.114. The van der Waals surface area contributed by atoms with Crippen LogP contribution in [0.1, 0.15) is 13.8 Å². The smallest absolute Gasteiger partial charge is 0.126 e. The summed E-state index contributed by atoms with van der Waals surface area (Å²) in [7, 11) is 0. The van der Waals surface area contributed by atoms with Gasteiger partial charge in [0, 0.05) is 0 Å². The van der Waals surface area contributed by atoms with E-state index in [4.69, 9.17) is 0 Å². The number of ketones is 1. The molecule has 0 heterocycles. The molecule has 3 aromatic rings. The number of carbonyl (C=O) groups is 1. The van der Waals surface area contributed by atoms with E-state index < -0.39 is 0 Å². The second kappa shape index (κ2) is 5.46. The topological polar surface area (TPSA) is 17.1 Å². The molecule has 0 aromatic heterocycles. The summed E-state index contributed by atoms with van der Waals surface area (Å²) in [4.78, 5) is 9.44. The van der Waals surface area contributed by atoms with Crippen molar-refractivity contribution in [3.05, 3.63) is 60.7 Å². The van der Waals surface area contributed by atoms with Gasteiger partial charge in [-0.1, -0.05) is 60.7 Å². The molecule has 1 heteroatoms. The zero-order chi connectivity index (χ0) is 13.0. The van der Waals surface area contributed by atoms with Crippen molar-refractivity contribution < 1.29 is 4.79 Å². The van der Waals surface area contributed by atoms with Crippen LogP contribution in [0.2, 0.25) is 0 Å². The van der Waals surface area contributed by atoms with Gasteiger partial charge in [0.1, 0.15) is 5.78 Å². The van der Waals surface area contributed by atoms with E-state index in [9.17, 15) is 4.79 Å². The quantitative estimate of drug-likeness (QED) is 0.522. The molecule has 0 radical (unpaired) electrons. The highest BCUT2D eigenvalue weighted by molar-refractivity contribution is 6.07. The zero-order valence-corrected chi connectivity index (χ0v) is 10.7. The van der Waals surface area contributed by atoms with Crippen molar-refractivity contribution in [2.24, 2.45) is 0 Å². The Morgan fingerprint density at radius 2 is 1.00 bits per heavy atom. The average molecular weight is 236 g/mol. The van der Waals surface area contributed by atoms with Crippen LogP contribution in [0.25, 0.3) is 21.5 Å². The summed E-state index contributed by atoms with van der Waals surface area (Å²) in [5, 5.41) is 5.30. The molecule has 0 spiro atoms. The lowest BCUT2D eigenvalue weighted by Crippen LogP contribution is -1.75. The van der Waals surface area contributed by atoms with Crippen LogP contribution < -0.4 is 0 Å². The molecule has 0 fully saturated rings. The largest absolute Gasteiger partial charge is 0.300 e. The Morgan fingerprint density at radius 3 is 1.39 bits per heavy atom. The summed E-state index contributed by atoms with van der Waals surface area (Å²) in [6.07, 6.45) is 0. The second-order valence-electron chi connectivity index (χ2n) is 4.42. The molecular formula is C17H16O. The number of hydrogen-bond acceptors (Lipinski definition) is 1. The Kier molecular flexibility index (Phi) is 3.73. The Morgan fingerprint density at radius 1 is 0.667 bits per heavy atom. The number of Topliss-reactive ketones (excluding diaryl/α,β-unsaturated/α-hetero) is 1. The Hall–Kier alpha value is -2.15. The lowest BCUT2D eigenvalue weighted by Gasteiger charge is -2.02. The molecule has 0 bridgehead atoms. The molecule has 18 heavy (non-hydrogen) atoms. The Bertz CT molecular complexity index is 624. The highest BCUT2D eigenvalue weighted by Crippen LogP contribution is 2.24. The van der Waals surface area contributed by atoms with E-state index in [1.165, 1.54) is 35.4 Å². The van der Waals surface area contributed by atoms with Gasteiger partial charge in [0.2, 0.25) is 0 Å². The third-order valence-electron chi connectivity index (χ3n) is 2.65. The average Bonchev–Trinajstić information content (AvgIpc) is 2.38. The Labute approximate surface area is 107 Å². The molecule has 1 nitrogen and oxygen atoms in total. The maximum atomic E-state index is 9.44. The second-order valence-corrected chi connectivity index (χ2v) is 4.42. The first-order chi connectivity index (χ1) is 8.68. The van der Waals surface area contributed by atoms with Crippen LogP contribution in [0.3, 0.4) is 0 Å². The van der Waals surface area contributed by atoms with Crippen molar-refractivity contribution in [2.75, 3.05) is 0 Å². The van der Waals surface area contributed by atoms with Gasteiger partial charge in [-0.3, -0.25) is 0 Å². The van der Waals surface area contributed by atoms with Gasteiger partial charge >= 0.3 is 0 Å². The monoisotopic (exact) mass is 236 g/mol. The van der Waals surface area contributed by atoms with Crippen LogP contribution in [0.15, 0.2) is 60.7 Å². The molecule has 90 valence electrons. The van der Waals surface area contributed by atoms with E-state index in [1.807, 2.05) is 0 Å². The third-order valence-corrected chi connectivity index (χ3v) is 2.65. The van der Waals surface area contributed by atoms with Gasteiger partial charge in [0.15, 0.2) is 0 Å². The number of carbonyl (C=O) groups excluding carboxylic acids is 1. The molecule has 0 aliphatic heterocycles. The van der Waals surface area contributed by atoms with Crippen molar-refractivity contribution in [2.45, 2.75) is 13.8 Å². The highest BCUT2D eigenvalue weighted by atomic mass is 16.1. The van der Waals surface area contributed by atoms with Crippen LogP contribution in [-0.2, 0) is 4.79 Å². The number of fused-ring (bicyclic) bond motifs is 3. The summed E-state index contributed by atoms with van der Waals surface area (Å²) in [6.45, 7) is 3.06. The fraction of sp³-hybridized carbons (Fsp3) is 0.118. The van der Waals surface area contributed by atoms with Crippen LogP contribution >= 0.6 is 0 Å². The Balaban J connectivity index is 0.000000267. The lowest BCUT2D eigenvalue weighted by atomic mass is 10.0. The summed E-state index contributed by atoms with van der Waals surface area (Å²) in [5.41, 5.74) is 0. The molecule has 0 saturated heterocycles. The van der Waals surface area contributed by atoms with Crippen molar-refractivity contribution in [3.8, 4) is 0 Å². The summed E-state index contributed by atoms with van der Waals surface area (Å²) in [5.74, 6) is 0.167. The number of benzene rings is 3. The molecule has 0 atom stereocenters. The first-order valence-corrected chi connectivity index (χ1v) is 6.02. The van der Waals surface area contributed by atoms with Crippen molar-refractivity contribution in [1.29, 1.82) is 0 Å². The van der Waals surface area contributed by atoms with E-state index >= 15 is 0 Å². The molecule has 0 amide bonds. The molecular weight excluding hydrogens is 220 g/mol. The van der Waals surface area contributed by atoms with Crippen LogP contribution in [0.4, 0.5) is 0 Å². The molecule has 0 aliphatic carbocycles. The maximum absolute atomic E-state index is 9.44. The molecule has 0 N–H and O–H groups in total. The zero-order valence-electron chi connectivity index (χ0n) is 10.7. The van der Waals surface area contributed by atoms with Crippen molar-refractivity contribution in [1.82, 2.24) is 0 Å². The highest BCUT2D eigenvalue weighted by Gasteiger charge is 1.97. The maximum Gasteiger partial charge on any atom is 0.126 e. The fourth-order valence-corrected chi connectivity index (χ4v) is 1.95. The van der Waals surface area contributed by atoms with Gasteiger partial charge in [0.05, 0.1) is 0 Å². The van der Waals surface area contributed by atoms with Gasteiger partial charge in [-0.15, -0.1) is 0 Å². The van der Waals surface area contributed by atoms with E-state index in [-0.39, 0.29) is 5.78 Å². The van der Waals surface area contributed by atoms with Gasteiger partial charge < -0.3 is 4.79 Å². The van der Waals surface area contributed by atoms with Gasteiger partial charge in [-0.25, -0.2) is 0 Å². The first kappa shape index (κ1) is 12.3. The van der Waals surface area contributed by atoms with E-state index in [2.05, 4.69) is 60.7 Å². The molecule has 3 aromatic carbocycles. The van der Waals surface area contributed by atoms with Gasteiger partial charge in [-0.2, -0.15) is 0 Å². The standard InChI is InChI=1S/C14H10.C3H6O/c1-3-7-13-11(5-1)9-10-12-6-2-4-8-14(12)13;1-3(2)4/h1-10H;1-2H3. The summed E-state index contributed by atoms with van der Waals surface area (Å²) >= 11 is 0. The molecule has 0 aliphatic rings. The van der Waals surface area contributed by atoms with E-state index in [0.29, 0.717) is 0 Å². The SMILES string of the molecule is CC(C)=O.c1ccc2c(c1)ccc1ccccc12. The van der Waals surface area contributed by atoms with Gasteiger partial charge in [-0.05, 0) is 35.4 Å². The first-order valence-electron chi connectivity index (χ1n) is 6.02. The predicted molar refractivity (Wildman–Crippen MR) is 77.8 cm³/mol. The van der Waals surface area contributed by atoms with E-state index in [1.54, 1.807) is 0 Å².